The second kappa shape index (κ2) is 8.40. The summed E-state index contributed by atoms with van der Waals surface area (Å²) < 4.78 is 22.4. The van der Waals surface area contributed by atoms with Crippen molar-refractivity contribution >= 4 is 0 Å². The lowest BCUT2D eigenvalue weighted by Crippen LogP contribution is -2.00. The fourth-order valence-electron chi connectivity index (χ4n) is 2.54. The highest BCUT2D eigenvalue weighted by Gasteiger charge is 2.17. The third-order valence-corrected chi connectivity index (χ3v) is 3.85. The summed E-state index contributed by atoms with van der Waals surface area (Å²) >= 11 is 0. The molecule has 3 aromatic rings. The zero-order valence-corrected chi connectivity index (χ0v) is 14.8. The molecule has 2 aromatic carbocycles. The predicted octanol–water partition coefficient (Wildman–Crippen LogP) is 3.47. The monoisotopic (exact) mass is 355 g/mol. The number of benzene rings is 2. The molecule has 136 valence electrons. The highest BCUT2D eigenvalue weighted by Crippen LogP contribution is 2.41. The highest BCUT2D eigenvalue weighted by atomic mass is 16.5. The number of nitrogens with zero attached hydrogens (tertiary/aromatic N) is 1. The van der Waals surface area contributed by atoms with Crippen molar-refractivity contribution in [3.05, 3.63) is 60.0 Å². The molecule has 1 heterocycles. The molecule has 26 heavy (non-hydrogen) atoms. The number of aliphatic hydroxyl groups excluding tert-OH is 1. The Kier molecular flexibility index (Phi) is 5.76. The fourth-order valence-corrected chi connectivity index (χ4v) is 2.54. The first-order chi connectivity index (χ1) is 12.7. The lowest BCUT2D eigenvalue weighted by Gasteiger charge is -2.15. The van der Waals surface area contributed by atoms with Crippen LogP contribution in [0.25, 0.3) is 11.5 Å². The average Bonchev–Trinajstić information content (AvgIpc) is 3.15. The van der Waals surface area contributed by atoms with Gasteiger partial charge in [0.15, 0.2) is 11.5 Å². The first-order valence-electron chi connectivity index (χ1n) is 8.23. The zero-order valence-electron chi connectivity index (χ0n) is 14.8. The van der Waals surface area contributed by atoms with Crippen LogP contribution in [0, 0.1) is 0 Å². The molecule has 0 bridgehead atoms. The van der Waals surface area contributed by atoms with E-state index in [-0.39, 0.29) is 6.61 Å². The fraction of sp³-hybridized carbons (Fsp3) is 0.250. The van der Waals surface area contributed by atoms with Gasteiger partial charge in [-0.2, -0.15) is 0 Å². The van der Waals surface area contributed by atoms with Gasteiger partial charge in [0.2, 0.25) is 11.6 Å². The number of aromatic nitrogens is 1. The minimum Gasteiger partial charge on any atom is -0.493 e. The molecule has 6 nitrogen and oxygen atoms in total. The van der Waals surface area contributed by atoms with Crippen molar-refractivity contribution in [3.63, 3.8) is 0 Å². The molecule has 0 fully saturated rings. The first-order valence-corrected chi connectivity index (χ1v) is 8.23. The molecule has 0 unspecified atom stereocenters. The number of ether oxygens (including phenoxy) is 3. The molecule has 0 radical (unpaired) electrons. The van der Waals surface area contributed by atoms with E-state index in [9.17, 15) is 0 Å². The summed E-state index contributed by atoms with van der Waals surface area (Å²) in [5, 5.41) is 9.02. The van der Waals surface area contributed by atoms with E-state index in [0.29, 0.717) is 47.4 Å². The number of rotatable bonds is 8. The van der Waals surface area contributed by atoms with Crippen LogP contribution in [0.1, 0.15) is 11.3 Å². The Morgan fingerprint density at radius 3 is 2.35 bits per heavy atom. The number of aliphatic hydroxyl groups is 1. The van der Waals surface area contributed by atoms with Gasteiger partial charge in [0, 0.05) is 18.6 Å². The van der Waals surface area contributed by atoms with E-state index in [1.807, 2.05) is 30.3 Å². The van der Waals surface area contributed by atoms with Crippen LogP contribution in [0.15, 0.2) is 53.1 Å². The normalized spacial score (nSPS) is 10.6. The van der Waals surface area contributed by atoms with Gasteiger partial charge in [-0.1, -0.05) is 30.3 Å². The van der Waals surface area contributed by atoms with Crippen molar-refractivity contribution in [3.8, 4) is 28.7 Å². The van der Waals surface area contributed by atoms with Gasteiger partial charge < -0.3 is 23.7 Å². The largest absolute Gasteiger partial charge is 0.493 e. The van der Waals surface area contributed by atoms with Crippen LogP contribution in [0.4, 0.5) is 0 Å². The minimum atomic E-state index is 0.0187. The van der Waals surface area contributed by atoms with Crippen LogP contribution in [0.5, 0.6) is 17.2 Å². The SMILES string of the molecule is COc1cc(-c2nc(CCO)co2)cc(OC)c1OCc1ccccc1. The lowest BCUT2D eigenvalue weighted by atomic mass is 10.1. The molecule has 0 amide bonds. The first kappa shape index (κ1) is 17.8. The predicted molar refractivity (Wildman–Crippen MR) is 96.6 cm³/mol. The molecular formula is C20H21NO5. The third kappa shape index (κ3) is 3.97. The quantitative estimate of drug-likeness (QED) is 0.667. The summed E-state index contributed by atoms with van der Waals surface area (Å²) in [6.07, 6.45) is 1.97. The summed E-state index contributed by atoms with van der Waals surface area (Å²) in [7, 11) is 3.14. The maximum Gasteiger partial charge on any atom is 0.226 e. The minimum absolute atomic E-state index is 0.0187. The summed E-state index contributed by atoms with van der Waals surface area (Å²) in [4.78, 5) is 4.37. The summed E-state index contributed by atoms with van der Waals surface area (Å²) in [5.41, 5.74) is 2.43. The van der Waals surface area contributed by atoms with Crippen molar-refractivity contribution in [2.24, 2.45) is 0 Å². The molecular weight excluding hydrogens is 334 g/mol. The van der Waals surface area contributed by atoms with Crippen LogP contribution < -0.4 is 14.2 Å². The molecule has 3 rings (SSSR count). The number of methoxy groups -OCH3 is 2. The van der Waals surface area contributed by atoms with Crippen molar-refractivity contribution in [1.82, 2.24) is 4.98 Å². The van der Waals surface area contributed by atoms with Crippen molar-refractivity contribution in [1.29, 1.82) is 0 Å². The Bertz CT molecular complexity index is 819. The highest BCUT2D eigenvalue weighted by molar-refractivity contribution is 5.66. The summed E-state index contributed by atoms with van der Waals surface area (Å²) in [6.45, 7) is 0.414. The van der Waals surface area contributed by atoms with E-state index in [1.54, 1.807) is 26.4 Å². The molecule has 0 aliphatic carbocycles. The molecule has 0 saturated heterocycles. The van der Waals surface area contributed by atoms with E-state index in [4.69, 9.17) is 23.7 Å². The average molecular weight is 355 g/mol. The van der Waals surface area contributed by atoms with Crippen LogP contribution in [-0.2, 0) is 13.0 Å². The molecule has 6 heteroatoms. The zero-order chi connectivity index (χ0) is 18.4. The maximum atomic E-state index is 9.02. The van der Waals surface area contributed by atoms with E-state index >= 15 is 0 Å². The Balaban J connectivity index is 1.89. The standard InChI is InChI=1S/C20H21NO5/c1-23-17-10-15(20-21-16(8-9-22)13-26-20)11-18(24-2)19(17)25-12-14-6-4-3-5-7-14/h3-7,10-11,13,22H,8-9,12H2,1-2H3. The van der Waals surface area contributed by atoms with Gasteiger partial charge in [-0.05, 0) is 17.7 Å². The number of hydrogen-bond acceptors (Lipinski definition) is 6. The molecule has 0 atom stereocenters. The molecule has 1 aromatic heterocycles. The van der Waals surface area contributed by atoms with Crippen molar-refractivity contribution < 1.29 is 23.7 Å². The summed E-state index contributed by atoms with van der Waals surface area (Å²) in [6, 6.07) is 13.4. The van der Waals surface area contributed by atoms with E-state index in [2.05, 4.69) is 4.98 Å². The van der Waals surface area contributed by atoms with Crippen molar-refractivity contribution in [2.75, 3.05) is 20.8 Å². The Morgan fingerprint density at radius 2 is 1.73 bits per heavy atom. The summed E-state index contributed by atoms with van der Waals surface area (Å²) in [5.74, 6) is 2.00. The van der Waals surface area contributed by atoms with E-state index < -0.39 is 0 Å². The Hall–Kier alpha value is -2.99. The Labute approximate surface area is 152 Å². The smallest absolute Gasteiger partial charge is 0.226 e. The second-order valence-electron chi connectivity index (χ2n) is 5.60. The van der Waals surface area contributed by atoms with E-state index in [1.165, 1.54) is 6.26 Å². The van der Waals surface area contributed by atoms with Gasteiger partial charge in [-0.15, -0.1) is 0 Å². The van der Waals surface area contributed by atoms with E-state index in [0.717, 1.165) is 5.56 Å². The maximum absolute atomic E-state index is 9.02. The molecule has 0 saturated carbocycles. The van der Waals surface area contributed by atoms with Crippen LogP contribution in [0.3, 0.4) is 0 Å². The molecule has 0 aliphatic heterocycles. The van der Waals surface area contributed by atoms with Crippen LogP contribution in [-0.4, -0.2) is 30.9 Å². The second-order valence-corrected chi connectivity index (χ2v) is 5.60. The Morgan fingerprint density at radius 1 is 1.04 bits per heavy atom. The van der Waals surface area contributed by atoms with Gasteiger partial charge in [-0.3, -0.25) is 0 Å². The number of oxazole rings is 1. The van der Waals surface area contributed by atoms with Crippen LogP contribution in [0.2, 0.25) is 0 Å². The molecule has 0 aliphatic rings. The van der Waals surface area contributed by atoms with Gasteiger partial charge in [0.05, 0.1) is 19.9 Å². The third-order valence-electron chi connectivity index (χ3n) is 3.85. The lowest BCUT2D eigenvalue weighted by molar-refractivity contribution is 0.266. The van der Waals surface area contributed by atoms with Crippen LogP contribution >= 0.6 is 0 Å². The van der Waals surface area contributed by atoms with Gasteiger partial charge in [-0.25, -0.2) is 4.98 Å². The molecule has 1 N–H and O–H groups in total. The molecule has 0 spiro atoms. The topological polar surface area (TPSA) is 74.0 Å². The van der Waals surface area contributed by atoms with Gasteiger partial charge >= 0.3 is 0 Å². The van der Waals surface area contributed by atoms with Gasteiger partial charge in [0.25, 0.3) is 0 Å². The van der Waals surface area contributed by atoms with Gasteiger partial charge in [0.1, 0.15) is 12.9 Å². The van der Waals surface area contributed by atoms with Crippen molar-refractivity contribution in [2.45, 2.75) is 13.0 Å². The number of hydrogen-bond donors (Lipinski definition) is 1.